The Hall–Kier alpha value is -2.36. The van der Waals surface area contributed by atoms with Crippen molar-refractivity contribution >= 4 is 23.0 Å². The summed E-state index contributed by atoms with van der Waals surface area (Å²) in [5, 5.41) is 2.79. The molecule has 0 radical (unpaired) electrons. The van der Waals surface area contributed by atoms with E-state index >= 15 is 0 Å². The molecule has 2 heterocycles. The van der Waals surface area contributed by atoms with Crippen molar-refractivity contribution in [2.24, 2.45) is 0 Å². The van der Waals surface area contributed by atoms with E-state index < -0.39 is 0 Å². The van der Waals surface area contributed by atoms with Gasteiger partial charge in [-0.25, -0.2) is 4.39 Å². The van der Waals surface area contributed by atoms with Crippen LogP contribution in [0.25, 0.3) is 0 Å². The molecule has 0 aliphatic carbocycles. The summed E-state index contributed by atoms with van der Waals surface area (Å²) in [6.45, 7) is 0. The van der Waals surface area contributed by atoms with Crippen LogP contribution in [0.3, 0.4) is 0 Å². The molecule has 1 unspecified atom stereocenters. The highest BCUT2D eigenvalue weighted by Crippen LogP contribution is 2.44. The van der Waals surface area contributed by atoms with Crippen LogP contribution in [0.4, 0.5) is 21.5 Å². The van der Waals surface area contributed by atoms with Gasteiger partial charge in [0.15, 0.2) is 0 Å². The maximum atomic E-state index is 13.3. The minimum Gasteiger partial charge on any atom is -0.327 e. The van der Waals surface area contributed by atoms with E-state index in [-0.39, 0.29) is 17.8 Å². The van der Waals surface area contributed by atoms with Gasteiger partial charge in [-0.05, 0) is 29.8 Å². The van der Waals surface area contributed by atoms with Crippen molar-refractivity contribution in [3.05, 3.63) is 53.8 Å². The van der Waals surface area contributed by atoms with Crippen LogP contribution in [-0.2, 0) is 11.2 Å². The fourth-order valence-corrected chi connectivity index (χ4v) is 2.93. The van der Waals surface area contributed by atoms with E-state index in [1.165, 1.54) is 12.1 Å². The number of benzene rings is 2. The van der Waals surface area contributed by atoms with Crippen LogP contribution in [0.15, 0.2) is 42.5 Å². The number of nitrogens with one attached hydrogen (secondary N) is 1. The molecule has 0 bridgehead atoms. The summed E-state index contributed by atoms with van der Waals surface area (Å²) in [5.41, 5.74) is 3.59. The average molecular weight is 254 g/mol. The molecule has 0 fully saturated rings. The number of carbonyl (C=O) groups is 1. The minimum absolute atomic E-state index is 0.0747. The molecule has 2 aromatic rings. The van der Waals surface area contributed by atoms with Crippen molar-refractivity contribution in [3.8, 4) is 0 Å². The molecule has 1 atom stereocenters. The lowest BCUT2D eigenvalue weighted by Gasteiger charge is -2.33. The number of hydrogen-bond donors (Lipinski definition) is 1. The van der Waals surface area contributed by atoms with Crippen LogP contribution in [0.5, 0.6) is 0 Å². The van der Waals surface area contributed by atoms with E-state index in [1.807, 2.05) is 29.2 Å². The highest BCUT2D eigenvalue weighted by atomic mass is 19.1. The number of halogens is 1. The molecule has 0 aromatic heterocycles. The summed E-state index contributed by atoms with van der Waals surface area (Å²) in [4.78, 5) is 14.1. The van der Waals surface area contributed by atoms with Gasteiger partial charge in [-0.3, -0.25) is 4.79 Å². The van der Waals surface area contributed by atoms with Crippen LogP contribution in [0.1, 0.15) is 5.56 Å². The van der Waals surface area contributed by atoms with Gasteiger partial charge >= 0.3 is 0 Å². The molecule has 19 heavy (non-hydrogen) atoms. The SMILES string of the molecule is O=C1Nc2cc(F)ccc2N2c3ccccc3CC12. The minimum atomic E-state index is -0.343. The van der Waals surface area contributed by atoms with Gasteiger partial charge in [-0.1, -0.05) is 18.2 Å². The van der Waals surface area contributed by atoms with Gasteiger partial charge in [0.1, 0.15) is 11.9 Å². The maximum absolute atomic E-state index is 13.3. The summed E-state index contributed by atoms with van der Waals surface area (Å²) < 4.78 is 13.3. The lowest BCUT2D eigenvalue weighted by atomic mass is 10.1. The largest absolute Gasteiger partial charge is 0.327 e. The number of amides is 1. The quantitative estimate of drug-likeness (QED) is 0.784. The van der Waals surface area contributed by atoms with Gasteiger partial charge in [0.05, 0.1) is 11.4 Å². The summed E-state index contributed by atoms with van der Waals surface area (Å²) >= 11 is 0. The maximum Gasteiger partial charge on any atom is 0.247 e. The second-order valence-electron chi connectivity index (χ2n) is 4.87. The third-order valence-electron chi connectivity index (χ3n) is 3.75. The Bertz CT molecular complexity index is 698. The van der Waals surface area contributed by atoms with Crippen molar-refractivity contribution in [3.63, 3.8) is 0 Å². The zero-order valence-electron chi connectivity index (χ0n) is 10.1. The van der Waals surface area contributed by atoms with Crippen LogP contribution < -0.4 is 10.2 Å². The predicted octanol–water partition coefficient (Wildman–Crippen LogP) is 2.84. The van der Waals surface area contributed by atoms with Crippen molar-refractivity contribution < 1.29 is 9.18 Å². The Morgan fingerprint density at radius 2 is 2.00 bits per heavy atom. The molecule has 1 N–H and O–H groups in total. The van der Waals surface area contributed by atoms with Crippen LogP contribution in [0, 0.1) is 5.82 Å². The number of rotatable bonds is 0. The molecule has 2 aliphatic rings. The number of nitrogens with zero attached hydrogens (tertiary/aromatic N) is 1. The molecule has 1 amide bonds. The van der Waals surface area contributed by atoms with Crippen LogP contribution >= 0.6 is 0 Å². The number of anilines is 3. The lowest BCUT2D eigenvalue weighted by Crippen LogP contribution is -2.43. The second-order valence-corrected chi connectivity index (χ2v) is 4.87. The number of carbonyl (C=O) groups excluding carboxylic acids is 1. The van der Waals surface area contributed by atoms with Crippen LogP contribution in [0.2, 0.25) is 0 Å². The number of hydrogen-bond acceptors (Lipinski definition) is 2. The zero-order chi connectivity index (χ0) is 13.0. The Kier molecular flexibility index (Phi) is 1.98. The average Bonchev–Trinajstić information content (AvgIpc) is 2.79. The third-order valence-corrected chi connectivity index (χ3v) is 3.75. The Labute approximate surface area is 109 Å². The number of fused-ring (bicyclic) bond motifs is 5. The van der Waals surface area contributed by atoms with Gasteiger partial charge in [0.2, 0.25) is 5.91 Å². The van der Waals surface area contributed by atoms with Crippen molar-refractivity contribution in [2.45, 2.75) is 12.5 Å². The first-order valence-corrected chi connectivity index (χ1v) is 6.21. The van der Waals surface area contributed by atoms with Crippen molar-refractivity contribution in [1.82, 2.24) is 0 Å². The highest BCUT2D eigenvalue weighted by molar-refractivity contribution is 6.07. The number of para-hydroxylation sites is 1. The Morgan fingerprint density at radius 3 is 2.89 bits per heavy atom. The summed E-state index contributed by atoms with van der Waals surface area (Å²) in [5.74, 6) is -0.417. The van der Waals surface area contributed by atoms with Crippen molar-refractivity contribution in [1.29, 1.82) is 0 Å². The van der Waals surface area contributed by atoms with E-state index in [2.05, 4.69) is 5.32 Å². The standard InChI is InChI=1S/C15H11FN2O/c16-10-5-6-13-11(8-10)17-15(19)14-7-9-3-1-2-4-12(9)18(13)14/h1-6,8,14H,7H2,(H,17,19). The summed E-state index contributed by atoms with van der Waals surface area (Å²) in [6.07, 6.45) is 0.693. The first-order valence-electron chi connectivity index (χ1n) is 6.21. The third kappa shape index (κ3) is 1.40. The molecule has 0 saturated carbocycles. The zero-order valence-corrected chi connectivity index (χ0v) is 10.1. The smallest absolute Gasteiger partial charge is 0.247 e. The van der Waals surface area contributed by atoms with E-state index in [4.69, 9.17) is 0 Å². The fraction of sp³-hybridized carbons (Fsp3) is 0.133. The topological polar surface area (TPSA) is 32.3 Å². The lowest BCUT2D eigenvalue weighted by molar-refractivity contribution is -0.117. The first-order chi connectivity index (χ1) is 9.24. The first kappa shape index (κ1) is 10.6. The molecule has 4 rings (SSSR count). The van der Waals surface area contributed by atoms with Gasteiger partial charge < -0.3 is 10.2 Å². The molecular formula is C15H11FN2O. The van der Waals surface area contributed by atoms with E-state index in [1.54, 1.807) is 6.07 Å². The molecule has 4 heteroatoms. The van der Waals surface area contributed by atoms with Gasteiger partial charge in [0, 0.05) is 12.1 Å². The van der Waals surface area contributed by atoms with Gasteiger partial charge in [-0.15, -0.1) is 0 Å². The monoisotopic (exact) mass is 254 g/mol. The molecule has 0 spiro atoms. The predicted molar refractivity (Wildman–Crippen MR) is 71.1 cm³/mol. The Morgan fingerprint density at radius 1 is 1.16 bits per heavy atom. The Balaban J connectivity index is 1.95. The summed E-state index contributed by atoms with van der Waals surface area (Å²) in [7, 11) is 0. The van der Waals surface area contributed by atoms with Gasteiger partial charge in [-0.2, -0.15) is 0 Å². The van der Waals surface area contributed by atoms with E-state index in [9.17, 15) is 9.18 Å². The molecular weight excluding hydrogens is 243 g/mol. The second kappa shape index (κ2) is 3.57. The molecule has 2 aromatic carbocycles. The van der Waals surface area contributed by atoms with Crippen molar-refractivity contribution in [2.75, 3.05) is 10.2 Å². The van der Waals surface area contributed by atoms with Crippen LogP contribution in [-0.4, -0.2) is 11.9 Å². The van der Waals surface area contributed by atoms with E-state index in [0.29, 0.717) is 12.1 Å². The molecule has 2 aliphatic heterocycles. The molecule has 3 nitrogen and oxygen atoms in total. The molecule has 94 valence electrons. The summed E-state index contributed by atoms with van der Waals surface area (Å²) in [6, 6.07) is 12.2. The highest BCUT2D eigenvalue weighted by Gasteiger charge is 2.39. The normalized spacial score (nSPS) is 19.5. The van der Waals surface area contributed by atoms with Gasteiger partial charge in [0.25, 0.3) is 0 Å². The van der Waals surface area contributed by atoms with E-state index in [0.717, 1.165) is 16.9 Å². The molecule has 0 saturated heterocycles. The fourth-order valence-electron chi connectivity index (χ4n) is 2.93.